The van der Waals surface area contributed by atoms with E-state index in [0.717, 1.165) is 16.7 Å². The Morgan fingerprint density at radius 3 is 2.46 bits per heavy atom. The molecule has 0 saturated carbocycles. The van der Waals surface area contributed by atoms with Crippen molar-refractivity contribution in [3.63, 3.8) is 0 Å². The fourth-order valence-electron chi connectivity index (χ4n) is 3.44. The quantitative estimate of drug-likeness (QED) is 0.810. The molecule has 1 N–H and O–H groups in total. The van der Waals surface area contributed by atoms with Crippen molar-refractivity contribution >= 4 is 11.6 Å². The van der Waals surface area contributed by atoms with E-state index in [0.29, 0.717) is 11.3 Å². The van der Waals surface area contributed by atoms with Gasteiger partial charge in [0.05, 0.1) is 0 Å². The minimum absolute atomic E-state index is 0.0149. The van der Waals surface area contributed by atoms with Crippen LogP contribution in [0.25, 0.3) is 0 Å². The third kappa shape index (κ3) is 2.50. The van der Waals surface area contributed by atoms with Crippen molar-refractivity contribution in [3.8, 4) is 0 Å². The van der Waals surface area contributed by atoms with Gasteiger partial charge in [0.1, 0.15) is 0 Å². The normalized spacial score (nSPS) is 20.5. The molecule has 0 spiro atoms. The summed E-state index contributed by atoms with van der Waals surface area (Å²) in [5, 5.41) is 9.39. The first-order chi connectivity index (χ1) is 12.2. The average Bonchev–Trinajstić information content (AvgIpc) is 3.37. The van der Waals surface area contributed by atoms with E-state index in [9.17, 15) is 18.0 Å². The van der Waals surface area contributed by atoms with Crippen LogP contribution in [0.5, 0.6) is 0 Å². The monoisotopic (exact) mass is 359 g/mol. The van der Waals surface area contributed by atoms with E-state index in [1.165, 1.54) is 12.1 Å². The molecule has 0 aliphatic carbocycles. The number of amides is 1. The Morgan fingerprint density at radius 1 is 1.12 bits per heavy atom. The molecule has 2 heterocycles. The van der Waals surface area contributed by atoms with Crippen LogP contribution in [0.1, 0.15) is 40.2 Å². The van der Waals surface area contributed by atoms with Crippen LogP contribution in [0, 0.1) is 13.8 Å². The van der Waals surface area contributed by atoms with Gasteiger partial charge in [-0.2, -0.15) is 13.2 Å². The summed E-state index contributed by atoms with van der Waals surface area (Å²) in [4.78, 5) is 12.1. The number of aryl methyl sites for hydroxylation is 2. The molecule has 4 rings (SSSR count). The van der Waals surface area contributed by atoms with E-state index < -0.39 is 11.8 Å². The second-order valence-corrected chi connectivity index (χ2v) is 6.82. The number of benzene rings is 2. The van der Waals surface area contributed by atoms with Gasteiger partial charge in [-0.3, -0.25) is 4.79 Å². The van der Waals surface area contributed by atoms with Gasteiger partial charge in [-0.15, -0.1) is 10.2 Å². The summed E-state index contributed by atoms with van der Waals surface area (Å²) >= 11 is 0. The zero-order valence-corrected chi connectivity index (χ0v) is 14.2. The Hall–Kier alpha value is -2.70. The molecule has 4 nitrogen and oxygen atoms in total. The fourth-order valence-corrected chi connectivity index (χ4v) is 3.44. The molecule has 2 aromatic rings. The highest BCUT2D eigenvalue weighted by Gasteiger charge is 2.65. The second-order valence-electron chi connectivity index (χ2n) is 6.82. The number of hydrogen-bond acceptors (Lipinski definition) is 3. The summed E-state index contributed by atoms with van der Waals surface area (Å²) in [5.41, 5.74) is 1.93. The lowest BCUT2D eigenvalue weighted by atomic mass is 9.82. The minimum Gasteiger partial charge on any atom is -0.326 e. The molecule has 0 radical (unpaired) electrons. The molecule has 0 saturated heterocycles. The molecule has 1 atom stereocenters. The summed E-state index contributed by atoms with van der Waals surface area (Å²) in [5.74, 6) is -0.454. The number of fused-ring (bicyclic) bond motifs is 1. The smallest absolute Gasteiger partial charge is 0.326 e. The van der Waals surface area contributed by atoms with Gasteiger partial charge in [0.15, 0.2) is 0 Å². The van der Waals surface area contributed by atoms with Gasteiger partial charge in [0.25, 0.3) is 0 Å². The Balaban J connectivity index is 1.79. The van der Waals surface area contributed by atoms with E-state index >= 15 is 0 Å². The highest BCUT2D eigenvalue weighted by atomic mass is 19.4. The first-order valence-electron chi connectivity index (χ1n) is 8.23. The van der Waals surface area contributed by atoms with Crippen molar-refractivity contribution in [2.75, 3.05) is 5.32 Å². The molecule has 2 aliphatic rings. The van der Waals surface area contributed by atoms with Crippen molar-refractivity contribution in [2.24, 2.45) is 10.2 Å². The summed E-state index contributed by atoms with van der Waals surface area (Å²) in [6, 6.07) is 10.1. The number of carbonyl (C=O) groups excluding carboxylic acids is 1. The Labute approximate surface area is 148 Å². The summed E-state index contributed by atoms with van der Waals surface area (Å²) < 4.78 is 39.9. The van der Waals surface area contributed by atoms with E-state index in [4.69, 9.17) is 0 Å². The van der Waals surface area contributed by atoms with Gasteiger partial charge in [0, 0.05) is 23.6 Å². The van der Waals surface area contributed by atoms with Gasteiger partial charge in [-0.05, 0) is 42.2 Å². The standard InChI is InChI=1S/C19H16F3N3O/c1-10-6-15-14(9-17(26)23-16(15)7-11(10)2)12-4-3-5-13(8-12)18(24-25-18)19(20,21)22/h3-8,14H,9H2,1-2H3,(H,23,26). The topological polar surface area (TPSA) is 53.8 Å². The summed E-state index contributed by atoms with van der Waals surface area (Å²) in [7, 11) is 0. The van der Waals surface area contributed by atoms with Crippen LogP contribution >= 0.6 is 0 Å². The lowest BCUT2D eigenvalue weighted by molar-refractivity contribution is -0.166. The zero-order chi connectivity index (χ0) is 18.7. The van der Waals surface area contributed by atoms with E-state index in [1.54, 1.807) is 12.1 Å². The largest absolute Gasteiger partial charge is 0.442 e. The van der Waals surface area contributed by atoms with Crippen molar-refractivity contribution in [1.82, 2.24) is 0 Å². The molecule has 7 heteroatoms. The van der Waals surface area contributed by atoms with E-state index in [1.807, 2.05) is 26.0 Å². The average molecular weight is 359 g/mol. The third-order valence-electron chi connectivity index (χ3n) is 5.09. The van der Waals surface area contributed by atoms with Gasteiger partial charge in [0.2, 0.25) is 5.91 Å². The molecule has 2 aromatic carbocycles. The molecule has 26 heavy (non-hydrogen) atoms. The van der Waals surface area contributed by atoms with Gasteiger partial charge < -0.3 is 5.32 Å². The Morgan fingerprint density at radius 2 is 1.81 bits per heavy atom. The second kappa shape index (κ2) is 5.40. The molecule has 0 fully saturated rings. The molecule has 0 bridgehead atoms. The lowest BCUT2D eigenvalue weighted by Gasteiger charge is -2.28. The van der Waals surface area contributed by atoms with E-state index in [-0.39, 0.29) is 23.8 Å². The third-order valence-corrected chi connectivity index (χ3v) is 5.09. The van der Waals surface area contributed by atoms with Crippen LogP contribution in [-0.2, 0) is 10.5 Å². The molecule has 0 aromatic heterocycles. The molecule has 134 valence electrons. The Kier molecular flexibility index (Phi) is 3.48. The molecule has 1 amide bonds. The van der Waals surface area contributed by atoms with Crippen molar-refractivity contribution in [3.05, 3.63) is 64.2 Å². The van der Waals surface area contributed by atoms with Crippen LogP contribution in [0.2, 0.25) is 0 Å². The van der Waals surface area contributed by atoms with Gasteiger partial charge in [-0.1, -0.05) is 30.3 Å². The first kappa shape index (κ1) is 16.8. The number of nitrogens with one attached hydrogen (secondary N) is 1. The van der Waals surface area contributed by atoms with E-state index in [2.05, 4.69) is 15.5 Å². The van der Waals surface area contributed by atoms with Crippen molar-refractivity contribution in [1.29, 1.82) is 0 Å². The van der Waals surface area contributed by atoms with Crippen LogP contribution in [0.3, 0.4) is 0 Å². The van der Waals surface area contributed by atoms with Crippen LogP contribution in [0.4, 0.5) is 18.9 Å². The van der Waals surface area contributed by atoms with Crippen molar-refractivity contribution < 1.29 is 18.0 Å². The van der Waals surface area contributed by atoms with Crippen LogP contribution < -0.4 is 5.32 Å². The van der Waals surface area contributed by atoms with Gasteiger partial charge >= 0.3 is 11.8 Å². The highest BCUT2D eigenvalue weighted by molar-refractivity contribution is 5.95. The predicted molar refractivity (Wildman–Crippen MR) is 90.0 cm³/mol. The number of rotatable bonds is 2. The number of anilines is 1. The predicted octanol–water partition coefficient (Wildman–Crippen LogP) is 4.96. The number of alkyl halides is 3. The maximum Gasteiger partial charge on any atom is 0.442 e. The number of hydrogen-bond donors (Lipinski definition) is 1. The first-order valence-corrected chi connectivity index (χ1v) is 8.23. The fraction of sp³-hybridized carbons (Fsp3) is 0.316. The molecular weight excluding hydrogens is 343 g/mol. The maximum atomic E-state index is 13.3. The lowest BCUT2D eigenvalue weighted by Crippen LogP contribution is -2.30. The summed E-state index contributed by atoms with van der Waals surface area (Å²) in [6.07, 6.45) is -4.38. The molecular formula is C19H16F3N3O. The minimum atomic E-state index is -4.57. The molecule has 2 aliphatic heterocycles. The number of halogens is 3. The van der Waals surface area contributed by atoms with Gasteiger partial charge in [-0.25, -0.2) is 0 Å². The number of nitrogens with zero attached hydrogens (tertiary/aromatic N) is 2. The SMILES string of the molecule is Cc1cc2c(cc1C)C(c1cccc(C3(C(F)(F)F)N=N3)c1)CC(=O)N2. The maximum absolute atomic E-state index is 13.3. The van der Waals surface area contributed by atoms with Crippen molar-refractivity contribution in [2.45, 2.75) is 38.0 Å². The molecule has 1 unspecified atom stereocenters. The Bertz CT molecular complexity index is 944. The van der Waals surface area contributed by atoms with Crippen LogP contribution in [0.15, 0.2) is 46.6 Å². The summed E-state index contributed by atoms with van der Waals surface area (Å²) in [6.45, 7) is 3.93. The zero-order valence-electron chi connectivity index (χ0n) is 14.2. The number of carbonyl (C=O) groups is 1. The highest BCUT2D eigenvalue weighted by Crippen LogP contribution is 2.53. The van der Waals surface area contributed by atoms with Crippen LogP contribution in [-0.4, -0.2) is 12.1 Å².